The van der Waals surface area contributed by atoms with Crippen molar-refractivity contribution in [2.45, 2.75) is 51.1 Å². The predicted molar refractivity (Wildman–Crippen MR) is 192 cm³/mol. The zero-order valence-electron chi connectivity index (χ0n) is 29.5. The molecule has 1 aliphatic heterocycles. The van der Waals surface area contributed by atoms with Gasteiger partial charge in [0.2, 0.25) is 5.91 Å². The lowest BCUT2D eigenvalue weighted by molar-refractivity contribution is -0.139. The molecule has 4 N–H and O–H groups in total. The van der Waals surface area contributed by atoms with Crippen molar-refractivity contribution in [3.05, 3.63) is 116 Å². The average Bonchev–Trinajstić information content (AvgIpc) is 3.08. The number of aromatic nitrogens is 2. The van der Waals surface area contributed by atoms with E-state index in [9.17, 15) is 37.5 Å². The standard InChI is InChI=1S/C36H38F2N6O8S/c1-36(2,3)34(49)39-21-8-12-23(13-9-21)53(51,52)41-28-18-26(37)25(17-27(28)38)31(45)40-29(33(47)48)16-20-6-10-22(11-7-20)44-32(46)24-14-15-42(4)19-30(24)43(5)35(44)50/h6-13,17-18,29,41H,14-16,19H2,1-5H3,(H,39,49)(H,40,45)(H,47,48)/t29-/m0/s1. The lowest BCUT2D eigenvalue weighted by Gasteiger charge is -2.26. The number of benzene rings is 3. The van der Waals surface area contributed by atoms with Gasteiger partial charge in [0.15, 0.2) is 0 Å². The van der Waals surface area contributed by atoms with Crippen LogP contribution < -0.4 is 26.6 Å². The van der Waals surface area contributed by atoms with E-state index in [4.69, 9.17) is 0 Å². The van der Waals surface area contributed by atoms with Crippen molar-refractivity contribution in [1.82, 2.24) is 19.4 Å². The monoisotopic (exact) mass is 752 g/mol. The van der Waals surface area contributed by atoms with Crippen LogP contribution in [0, 0.1) is 17.0 Å². The summed E-state index contributed by atoms with van der Waals surface area (Å²) >= 11 is 0. The first-order valence-electron chi connectivity index (χ1n) is 16.4. The van der Waals surface area contributed by atoms with Crippen molar-refractivity contribution in [3.63, 3.8) is 0 Å². The molecular weight excluding hydrogens is 714 g/mol. The summed E-state index contributed by atoms with van der Waals surface area (Å²) in [5.74, 6) is -5.71. The topological polar surface area (TPSA) is 189 Å². The highest BCUT2D eigenvalue weighted by atomic mass is 32.2. The number of nitrogens with one attached hydrogen (secondary N) is 3. The highest BCUT2D eigenvalue weighted by Gasteiger charge is 2.27. The second-order valence-corrected chi connectivity index (χ2v) is 15.5. The molecule has 0 spiro atoms. The number of likely N-dealkylation sites (N-methyl/N-ethyl adjacent to an activating group) is 1. The lowest BCUT2D eigenvalue weighted by atomic mass is 9.95. The van der Waals surface area contributed by atoms with Gasteiger partial charge in [0.25, 0.3) is 21.5 Å². The molecule has 0 saturated carbocycles. The molecule has 0 radical (unpaired) electrons. The molecular formula is C36H38F2N6O8S. The van der Waals surface area contributed by atoms with E-state index in [1.165, 1.54) is 41.0 Å². The Balaban J connectivity index is 1.29. The molecule has 17 heteroatoms. The Morgan fingerprint density at radius 2 is 1.58 bits per heavy atom. The summed E-state index contributed by atoms with van der Waals surface area (Å²) in [5.41, 5.74) is -1.24. The minimum absolute atomic E-state index is 0.256. The summed E-state index contributed by atoms with van der Waals surface area (Å²) in [4.78, 5) is 65.3. The number of halogens is 2. The van der Waals surface area contributed by atoms with Gasteiger partial charge in [0.05, 0.1) is 21.8 Å². The number of rotatable bonds is 10. The Hall–Kier alpha value is -5.68. The smallest absolute Gasteiger partial charge is 0.335 e. The van der Waals surface area contributed by atoms with Crippen molar-refractivity contribution in [2.75, 3.05) is 23.6 Å². The van der Waals surface area contributed by atoms with Gasteiger partial charge in [-0.15, -0.1) is 0 Å². The maximum atomic E-state index is 15.1. The van der Waals surface area contributed by atoms with Gasteiger partial charge in [0, 0.05) is 55.0 Å². The van der Waals surface area contributed by atoms with E-state index in [1.807, 2.05) is 16.7 Å². The lowest BCUT2D eigenvalue weighted by Crippen LogP contribution is -2.45. The van der Waals surface area contributed by atoms with Gasteiger partial charge in [-0.05, 0) is 61.5 Å². The average molecular weight is 753 g/mol. The number of carboxylic acid groups (broad SMARTS) is 1. The van der Waals surface area contributed by atoms with E-state index in [1.54, 1.807) is 27.8 Å². The molecule has 1 atom stereocenters. The van der Waals surface area contributed by atoms with Crippen LogP contribution in [0.3, 0.4) is 0 Å². The third-order valence-electron chi connectivity index (χ3n) is 8.74. The Kier molecular flexibility index (Phi) is 10.7. The first-order valence-corrected chi connectivity index (χ1v) is 17.8. The molecule has 2 heterocycles. The number of carboxylic acids is 1. The molecule has 0 saturated heterocycles. The first-order chi connectivity index (χ1) is 24.8. The predicted octanol–water partition coefficient (Wildman–Crippen LogP) is 3.01. The van der Waals surface area contributed by atoms with Gasteiger partial charge in [-0.1, -0.05) is 32.9 Å². The van der Waals surface area contributed by atoms with Gasteiger partial charge >= 0.3 is 11.7 Å². The van der Waals surface area contributed by atoms with E-state index >= 15 is 8.78 Å². The van der Waals surface area contributed by atoms with E-state index in [-0.39, 0.29) is 22.9 Å². The molecule has 1 aliphatic rings. The van der Waals surface area contributed by atoms with E-state index in [2.05, 4.69) is 10.6 Å². The maximum Gasteiger partial charge on any atom is 0.335 e. The molecule has 0 aliphatic carbocycles. The van der Waals surface area contributed by atoms with E-state index in [0.717, 1.165) is 16.7 Å². The van der Waals surface area contributed by atoms with Gasteiger partial charge < -0.3 is 20.6 Å². The summed E-state index contributed by atoms with van der Waals surface area (Å²) < 4.78 is 60.4. The molecule has 5 rings (SSSR count). The number of hydrogen-bond donors (Lipinski definition) is 4. The third kappa shape index (κ3) is 8.36. The maximum absolute atomic E-state index is 15.1. The quantitative estimate of drug-likeness (QED) is 0.189. The number of carbonyl (C=O) groups is 3. The largest absolute Gasteiger partial charge is 0.480 e. The molecule has 3 aromatic carbocycles. The number of hydrogen-bond acceptors (Lipinski definition) is 8. The molecule has 1 aromatic heterocycles. The molecule has 0 fully saturated rings. The zero-order valence-corrected chi connectivity index (χ0v) is 30.3. The van der Waals surface area contributed by atoms with Crippen molar-refractivity contribution >= 4 is 39.2 Å². The van der Waals surface area contributed by atoms with Gasteiger partial charge in [-0.3, -0.25) is 23.7 Å². The summed E-state index contributed by atoms with van der Waals surface area (Å²) in [5, 5.41) is 14.6. The van der Waals surface area contributed by atoms with E-state index in [0.29, 0.717) is 54.2 Å². The fraction of sp³-hybridized carbons (Fsp3) is 0.306. The minimum atomic E-state index is -4.45. The van der Waals surface area contributed by atoms with E-state index < -0.39 is 67.5 Å². The van der Waals surface area contributed by atoms with Crippen LogP contribution in [-0.4, -0.2) is 65.0 Å². The van der Waals surface area contributed by atoms with Crippen LogP contribution in [0.5, 0.6) is 0 Å². The van der Waals surface area contributed by atoms with Crippen LogP contribution in [0.15, 0.2) is 75.1 Å². The van der Waals surface area contributed by atoms with Crippen molar-refractivity contribution in [1.29, 1.82) is 0 Å². The summed E-state index contributed by atoms with van der Waals surface area (Å²) in [6.45, 7) is 6.20. The normalized spacial score (nSPS) is 13.9. The van der Waals surface area contributed by atoms with Crippen molar-refractivity contribution in [3.8, 4) is 5.69 Å². The zero-order chi connectivity index (χ0) is 39.0. The molecule has 53 heavy (non-hydrogen) atoms. The van der Waals surface area contributed by atoms with Crippen LogP contribution in [0.25, 0.3) is 5.69 Å². The van der Waals surface area contributed by atoms with Gasteiger partial charge in [-0.2, -0.15) is 0 Å². The van der Waals surface area contributed by atoms with Crippen molar-refractivity contribution in [2.24, 2.45) is 12.5 Å². The van der Waals surface area contributed by atoms with Crippen LogP contribution in [-0.2, 0) is 46.0 Å². The minimum Gasteiger partial charge on any atom is -0.480 e. The van der Waals surface area contributed by atoms with Crippen LogP contribution >= 0.6 is 0 Å². The second-order valence-electron chi connectivity index (χ2n) is 13.8. The van der Waals surface area contributed by atoms with Crippen LogP contribution in [0.1, 0.15) is 48.0 Å². The fourth-order valence-corrected chi connectivity index (χ4v) is 6.68. The molecule has 280 valence electrons. The Morgan fingerprint density at radius 1 is 0.943 bits per heavy atom. The summed E-state index contributed by atoms with van der Waals surface area (Å²) in [6, 6.07) is 10.1. The highest BCUT2D eigenvalue weighted by molar-refractivity contribution is 7.92. The summed E-state index contributed by atoms with van der Waals surface area (Å²) in [7, 11) is -0.965. The number of aliphatic carboxylic acids is 1. The van der Waals surface area contributed by atoms with Crippen LogP contribution in [0.2, 0.25) is 0 Å². The number of nitrogens with zero attached hydrogens (tertiary/aromatic N) is 3. The van der Waals surface area contributed by atoms with Crippen molar-refractivity contribution < 1.29 is 36.7 Å². The number of carbonyl (C=O) groups excluding carboxylic acids is 2. The Morgan fingerprint density at radius 3 is 2.19 bits per heavy atom. The number of amides is 2. The molecule has 4 aromatic rings. The van der Waals surface area contributed by atoms with Gasteiger partial charge in [0.1, 0.15) is 17.7 Å². The Bertz CT molecular complexity index is 2330. The highest BCUT2D eigenvalue weighted by Crippen LogP contribution is 2.25. The second kappa shape index (κ2) is 14.7. The number of fused-ring (bicyclic) bond motifs is 1. The molecule has 0 bridgehead atoms. The summed E-state index contributed by atoms with van der Waals surface area (Å²) in [6.07, 6.45) is 0.167. The Labute approximate surface area is 303 Å². The molecule has 14 nitrogen and oxygen atoms in total. The first kappa shape index (κ1) is 38.5. The number of anilines is 2. The van der Waals surface area contributed by atoms with Gasteiger partial charge in [-0.25, -0.2) is 31.4 Å². The fourth-order valence-electron chi connectivity index (χ4n) is 5.62. The third-order valence-corrected chi connectivity index (χ3v) is 10.1. The number of sulfonamides is 1. The molecule has 0 unspecified atom stereocenters. The van der Waals surface area contributed by atoms with Crippen LogP contribution in [0.4, 0.5) is 20.2 Å². The molecule has 2 amide bonds. The SMILES string of the molecule is CN1CCc2c(n(C)c(=O)n(-c3ccc(C[C@H](NC(=O)c4cc(F)c(NS(=O)(=O)c5ccc(NC(=O)C(C)(C)C)cc5)cc4F)C(=O)O)cc3)c2=O)C1.